The predicted molar refractivity (Wildman–Crippen MR) is 111 cm³/mol. The second kappa shape index (κ2) is 6.63. The molecule has 2 N–H and O–H groups in total. The van der Waals surface area contributed by atoms with Crippen molar-refractivity contribution < 1.29 is 19.7 Å². The molecule has 0 fully saturated rings. The van der Waals surface area contributed by atoms with Gasteiger partial charge in [0.1, 0.15) is 11.4 Å². The number of rotatable bonds is 3. The maximum absolute atomic E-state index is 13.3. The Morgan fingerprint density at radius 1 is 1.30 bits per heavy atom. The number of aryl methyl sites for hydroxylation is 1. The molecule has 1 unspecified atom stereocenters. The highest BCUT2D eigenvalue weighted by atomic mass is 16.6. The Morgan fingerprint density at radius 2 is 2.10 bits per heavy atom. The molecule has 4 heterocycles. The van der Waals surface area contributed by atoms with Crippen LogP contribution in [-0.4, -0.2) is 33.2 Å². The van der Waals surface area contributed by atoms with Crippen molar-refractivity contribution in [2.45, 2.75) is 51.7 Å². The average molecular weight is 408 g/mol. The maximum Gasteiger partial charge on any atom is 0.257 e. The minimum atomic E-state index is -1.62. The maximum atomic E-state index is 13.3. The number of aliphatic hydroxyl groups is 2. The third-order valence-corrected chi connectivity index (χ3v) is 6.52. The van der Waals surface area contributed by atoms with Crippen molar-refractivity contribution in [3.8, 4) is 17.1 Å². The van der Waals surface area contributed by atoms with E-state index in [9.17, 15) is 15.0 Å². The molecule has 7 heteroatoms. The molecule has 2 aliphatic rings. The number of nitrogens with zero attached hydrogens (tertiary/aromatic N) is 2. The van der Waals surface area contributed by atoms with Gasteiger partial charge >= 0.3 is 0 Å². The van der Waals surface area contributed by atoms with E-state index in [-0.39, 0.29) is 18.6 Å². The highest BCUT2D eigenvalue weighted by Gasteiger charge is 2.44. The molecule has 0 amide bonds. The number of hydrogen-bond donors (Lipinski definition) is 2. The van der Waals surface area contributed by atoms with Crippen LogP contribution >= 0.6 is 0 Å². The fourth-order valence-electron chi connectivity index (χ4n) is 4.79. The molecular formula is C23H24N2O5. The molecule has 0 saturated carbocycles. The van der Waals surface area contributed by atoms with Crippen molar-refractivity contribution >= 4 is 10.9 Å². The van der Waals surface area contributed by atoms with Crippen molar-refractivity contribution in [1.29, 1.82) is 0 Å². The van der Waals surface area contributed by atoms with Gasteiger partial charge in [-0.1, -0.05) is 13.8 Å². The van der Waals surface area contributed by atoms with Crippen LogP contribution < -0.4 is 10.3 Å². The van der Waals surface area contributed by atoms with Gasteiger partial charge in [0.05, 0.1) is 37.2 Å². The van der Waals surface area contributed by atoms with Crippen LogP contribution in [0.1, 0.15) is 42.5 Å². The van der Waals surface area contributed by atoms with E-state index in [0.717, 1.165) is 39.9 Å². The number of aromatic nitrogens is 2. The van der Waals surface area contributed by atoms with E-state index < -0.39 is 11.9 Å². The minimum absolute atomic E-state index is 0.0263. The van der Waals surface area contributed by atoms with Crippen molar-refractivity contribution in [3.05, 3.63) is 56.9 Å². The Kier molecular flexibility index (Phi) is 4.25. The van der Waals surface area contributed by atoms with E-state index in [4.69, 9.17) is 14.5 Å². The quantitative estimate of drug-likeness (QED) is 0.541. The molecule has 0 aliphatic carbocycles. The van der Waals surface area contributed by atoms with Crippen molar-refractivity contribution in [3.63, 3.8) is 0 Å². The molecule has 0 bridgehead atoms. The van der Waals surface area contributed by atoms with E-state index in [1.54, 1.807) is 24.7 Å². The SMILES string of the molecule is CCc1c2c(nc3ccc(OC)cc13)-c1cc3c(c(=O)n1C2)COC(O)[C@]3(O)CC. The zero-order valence-corrected chi connectivity index (χ0v) is 17.2. The van der Waals surface area contributed by atoms with Crippen LogP contribution in [0.5, 0.6) is 5.75 Å². The van der Waals surface area contributed by atoms with E-state index in [1.165, 1.54) is 0 Å². The van der Waals surface area contributed by atoms with Gasteiger partial charge in [0.2, 0.25) is 0 Å². The number of aliphatic hydroxyl groups excluding tert-OH is 1. The molecule has 1 aromatic carbocycles. The van der Waals surface area contributed by atoms with Crippen LogP contribution in [-0.2, 0) is 29.9 Å². The summed E-state index contributed by atoms with van der Waals surface area (Å²) in [5.74, 6) is 0.765. The zero-order valence-electron chi connectivity index (χ0n) is 17.2. The van der Waals surface area contributed by atoms with Crippen LogP contribution in [0.3, 0.4) is 0 Å². The molecule has 5 rings (SSSR count). The first kappa shape index (κ1) is 19.2. The molecular weight excluding hydrogens is 384 g/mol. The van der Waals surface area contributed by atoms with Crippen LogP contribution in [0.15, 0.2) is 29.1 Å². The monoisotopic (exact) mass is 408 g/mol. The lowest BCUT2D eigenvalue weighted by Gasteiger charge is -2.37. The third-order valence-electron chi connectivity index (χ3n) is 6.52. The lowest BCUT2D eigenvalue weighted by Crippen LogP contribution is -2.47. The number of benzene rings is 1. The summed E-state index contributed by atoms with van der Waals surface area (Å²) in [5.41, 5.74) is 3.40. The summed E-state index contributed by atoms with van der Waals surface area (Å²) in [7, 11) is 1.64. The van der Waals surface area contributed by atoms with Crippen LogP contribution in [0.25, 0.3) is 22.3 Å². The van der Waals surface area contributed by atoms with Crippen LogP contribution in [0.2, 0.25) is 0 Å². The van der Waals surface area contributed by atoms with E-state index in [1.807, 2.05) is 18.2 Å². The van der Waals surface area contributed by atoms with Gasteiger partial charge in [0.25, 0.3) is 5.56 Å². The number of methoxy groups -OCH3 is 1. The standard InChI is InChI=1S/C23H24N2O5/c1-4-13-14-8-12(29-3)6-7-18(14)24-20-15(13)10-25-19(20)9-17-16(21(25)26)11-30-22(27)23(17,28)5-2/h6-9,22,27-28H,4-5,10-11H2,1-3H3/t22?,23-/m0/s1. The Labute approximate surface area is 173 Å². The second-order valence-electron chi connectivity index (χ2n) is 7.91. The van der Waals surface area contributed by atoms with Gasteiger partial charge in [-0.25, -0.2) is 4.98 Å². The first-order valence-electron chi connectivity index (χ1n) is 10.2. The predicted octanol–water partition coefficient (Wildman–Crippen LogP) is 2.44. The van der Waals surface area contributed by atoms with Crippen molar-refractivity contribution in [1.82, 2.24) is 9.55 Å². The highest BCUT2D eigenvalue weighted by Crippen LogP contribution is 2.41. The molecule has 0 saturated heterocycles. The number of ether oxygens (including phenoxy) is 2. The first-order chi connectivity index (χ1) is 14.4. The summed E-state index contributed by atoms with van der Waals surface area (Å²) in [5, 5.41) is 22.4. The number of pyridine rings is 2. The van der Waals surface area contributed by atoms with E-state index in [2.05, 4.69) is 6.92 Å². The Morgan fingerprint density at radius 3 is 2.80 bits per heavy atom. The molecule has 2 aliphatic heterocycles. The zero-order chi connectivity index (χ0) is 21.2. The van der Waals surface area contributed by atoms with Gasteiger partial charge in [-0.05, 0) is 42.7 Å². The van der Waals surface area contributed by atoms with Gasteiger partial charge in [-0.3, -0.25) is 4.79 Å². The molecule has 7 nitrogen and oxygen atoms in total. The average Bonchev–Trinajstić information content (AvgIpc) is 3.13. The van der Waals surface area contributed by atoms with E-state index in [0.29, 0.717) is 23.4 Å². The number of hydrogen-bond acceptors (Lipinski definition) is 6. The fraction of sp³-hybridized carbons (Fsp3) is 0.391. The molecule has 0 radical (unpaired) electrons. The van der Waals surface area contributed by atoms with Gasteiger partial charge in [-0.2, -0.15) is 0 Å². The summed E-state index contributed by atoms with van der Waals surface area (Å²) in [4.78, 5) is 18.2. The molecule has 2 atom stereocenters. The summed E-state index contributed by atoms with van der Waals surface area (Å²) in [6.07, 6.45) is -0.360. The summed E-state index contributed by atoms with van der Waals surface area (Å²) in [6, 6.07) is 7.59. The summed E-state index contributed by atoms with van der Waals surface area (Å²) in [6.45, 7) is 4.24. The lowest BCUT2D eigenvalue weighted by atomic mass is 9.85. The van der Waals surface area contributed by atoms with Crippen LogP contribution in [0.4, 0.5) is 0 Å². The fourth-order valence-corrected chi connectivity index (χ4v) is 4.79. The Bertz CT molecular complexity index is 1250. The van der Waals surface area contributed by atoms with Gasteiger partial charge in [-0.15, -0.1) is 0 Å². The van der Waals surface area contributed by atoms with Gasteiger partial charge < -0.3 is 24.3 Å². The molecule has 2 aromatic heterocycles. The molecule has 156 valence electrons. The van der Waals surface area contributed by atoms with Crippen molar-refractivity contribution in [2.24, 2.45) is 0 Å². The largest absolute Gasteiger partial charge is 0.497 e. The third kappa shape index (κ3) is 2.43. The summed E-state index contributed by atoms with van der Waals surface area (Å²) < 4.78 is 12.4. The lowest BCUT2D eigenvalue weighted by molar-refractivity contribution is -0.236. The normalized spacial score (nSPS) is 22.0. The van der Waals surface area contributed by atoms with Crippen molar-refractivity contribution in [2.75, 3.05) is 7.11 Å². The number of fused-ring (bicyclic) bond motifs is 5. The first-order valence-corrected chi connectivity index (χ1v) is 10.2. The summed E-state index contributed by atoms with van der Waals surface area (Å²) >= 11 is 0. The van der Waals surface area contributed by atoms with Gasteiger partial charge in [0.15, 0.2) is 6.29 Å². The topological polar surface area (TPSA) is 93.8 Å². The molecule has 3 aromatic rings. The smallest absolute Gasteiger partial charge is 0.257 e. The Hall–Kier alpha value is -2.74. The second-order valence-corrected chi connectivity index (χ2v) is 7.91. The molecule has 30 heavy (non-hydrogen) atoms. The minimum Gasteiger partial charge on any atom is -0.497 e. The van der Waals surface area contributed by atoms with Crippen LogP contribution in [0, 0.1) is 0 Å². The Balaban J connectivity index is 1.80. The highest BCUT2D eigenvalue weighted by molar-refractivity contribution is 5.89. The van der Waals surface area contributed by atoms with E-state index >= 15 is 0 Å². The molecule has 0 spiro atoms. The van der Waals surface area contributed by atoms with Gasteiger partial charge in [0, 0.05) is 22.1 Å².